The molecule has 0 saturated carbocycles. The maximum atomic E-state index is 10.9. The van der Waals surface area contributed by atoms with Crippen molar-refractivity contribution in [1.82, 2.24) is 0 Å². The number of aliphatic carboxylic acids is 1. The molecule has 0 aliphatic heterocycles. The molecular formula is C11H20O4S. The Morgan fingerprint density at radius 1 is 1.31 bits per heavy atom. The summed E-state index contributed by atoms with van der Waals surface area (Å²) in [5, 5.41) is 8.70. The minimum Gasteiger partial charge on any atom is -0.481 e. The van der Waals surface area contributed by atoms with E-state index in [1.54, 1.807) is 11.8 Å². The zero-order valence-corrected chi connectivity index (χ0v) is 10.7. The summed E-state index contributed by atoms with van der Waals surface area (Å²) in [6.45, 7) is 2.00. The van der Waals surface area contributed by atoms with Crippen molar-refractivity contribution in [3.05, 3.63) is 0 Å². The van der Waals surface area contributed by atoms with Crippen LogP contribution in [-0.2, 0) is 14.3 Å². The number of carboxylic acids is 1. The molecule has 16 heavy (non-hydrogen) atoms. The van der Waals surface area contributed by atoms with Gasteiger partial charge < -0.3 is 9.84 Å². The molecule has 94 valence electrons. The molecular weight excluding hydrogens is 228 g/mol. The van der Waals surface area contributed by atoms with Gasteiger partial charge in [-0.05, 0) is 18.6 Å². The van der Waals surface area contributed by atoms with Crippen LogP contribution >= 0.6 is 11.8 Å². The van der Waals surface area contributed by atoms with E-state index < -0.39 is 5.97 Å². The van der Waals surface area contributed by atoms with E-state index in [2.05, 4.69) is 4.74 Å². The minimum atomic E-state index is -0.730. The number of esters is 1. The lowest BCUT2D eigenvalue weighted by Gasteiger charge is -2.09. The molecule has 0 aromatic heterocycles. The third-order valence-corrected chi connectivity index (χ3v) is 3.38. The van der Waals surface area contributed by atoms with Gasteiger partial charge in [0.1, 0.15) is 0 Å². The summed E-state index contributed by atoms with van der Waals surface area (Å²) in [6.07, 6.45) is 3.37. The summed E-state index contributed by atoms with van der Waals surface area (Å²) in [5.74, 6) is 0.0650. The molecule has 0 amide bonds. The highest BCUT2D eigenvalue weighted by molar-refractivity contribution is 7.99. The van der Waals surface area contributed by atoms with E-state index in [-0.39, 0.29) is 17.6 Å². The van der Waals surface area contributed by atoms with Gasteiger partial charge in [-0.25, -0.2) is 0 Å². The molecule has 5 heteroatoms. The normalized spacial score (nSPS) is 12.1. The summed E-state index contributed by atoms with van der Waals surface area (Å²) < 4.78 is 4.57. The average Bonchev–Trinajstić information content (AvgIpc) is 2.22. The van der Waals surface area contributed by atoms with Crippen LogP contribution in [0, 0.1) is 0 Å². The Kier molecular flexibility index (Phi) is 9.09. The van der Waals surface area contributed by atoms with Gasteiger partial charge in [0, 0.05) is 11.7 Å². The van der Waals surface area contributed by atoms with Crippen molar-refractivity contribution in [2.45, 2.75) is 44.3 Å². The number of thioether (sulfide) groups is 1. The van der Waals surface area contributed by atoms with Crippen LogP contribution < -0.4 is 0 Å². The number of rotatable bonds is 9. The monoisotopic (exact) mass is 248 g/mol. The van der Waals surface area contributed by atoms with Gasteiger partial charge in [0.05, 0.1) is 13.5 Å². The Hall–Kier alpha value is -0.710. The summed E-state index contributed by atoms with van der Waals surface area (Å²) in [5.41, 5.74) is 0. The van der Waals surface area contributed by atoms with E-state index in [1.807, 2.05) is 6.92 Å². The van der Waals surface area contributed by atoms with E-state index in [9.17, 15) is 9.59 Å². The number of carboxylic acid groups (broad SMARTS) is 1. The number of hydrogen-bond acceptors (Lipinski definition) is 4. The molecule has 1 atom stereocenters. The Labute approximate surface area is 101 Å². The van der Waals surface area contributed by atoms with E-state index in [4.69, 9.17) is 5.11 Å². The summed E-state index contributed by atoms with van der Waals surface area (Å²) in [4.78, 5) is 21.2. The smallest absolute Gasteiger partial charge is 0.306 e. The second kappa shape index (κ2) is 9.51. The number of hydrogen-bond donors (Lipinski definition) is 1. The third-order valence-electron chi connectivity index (χ3n) is 2.12. The second-order valence-electron chi connectivity index (χ2n) is 3.67. The molecule has 0 fully saturated rings. The van der Waals surface area contributed by atoms with Crippen LogP contribution in [0.5, 0.6) is 0 Å². The van der Waals surface area contributed by atoms with Crippen molar-refractivity contribution in [3.63, 3.8) is 0 Å². The molecule has 4 nitrogen and oxygen atoms in total. The molecule has 0 spiro atoms. The molecule has 0 radical (unpaired) electrons. The Balaban J connectivity index is 3.30. The first kappa shape index (κ1) is 15.3. The summed E-state index contributed by atoms with van der Waals surface area (Å²) >= 11 is 1.73. The average molecular weight is 248 g/mol. The minimum absolute atomic E-state index is 0.175. The quantitative estimate of drug-likeness (QED) is 0.501. The van der Waals surface area contributed by atoms with Crippen LogP contribution in [-0.4, -0.2) is 35.2 Å². The molecule has 0 aromatic rings. The van der Waals surface area contributed by atoms with E-state index in [0.717, 1.165) is 25.0 Å². The lowest BCUT2D eigenvalue weighted by molar-refractivity contribution is -0.140. The van der Waals surface area contributed by atoms with Crippen molar-refractivity contribution in [2.24, 2.45) is 0 Å². The Bertz CT molecular complexity index is 218. The first-order valence-electron chi connectivity index (χ1n) is 5.46. The highest BCUT2D eigenvalue weighted by Gasteiger charge is 2.08. The Morgan fingerprint density at radius 2 is 2.00 bits per heavy atom. The maximum absolute atomic E-state index is 10.9. The van der Waals surface area contributed by atoms with Gasteiger partial charge in [-0.15, -0.1) is 0 Å². The van der Waals surface area contributed by atoms with Crippen LogP contribution in [0.25, 0.3) is 0 Å². The van der Waals surface area contributed by atoms with Gasteiger partial charge in [-0.3, -0.25) is 9.59 Å². The SMILES string of the molecule is COC(=O)CC(C)SCCCCCC(=O)O. The maximum Gasteiger partial charge on any atom is 0.306 e. The molecule has 0 bridgehead atoms. The highest BCUT2D eigenvalue weighted by atomic mass is 32.2. The summed E-state index contributed by atoms with van der Waals surface area (Å²) in [6, 6.07) is 0. The lowest BCUT2D eigenvalue weighted by Crippen LogP contribution is -2.09. The topological polar surface area (TPSA) is 63.6 Å². The van der Waals surface area contributed by atoms with Crippen LogP contribution in [0.3, 0.4) is 0 Å². The number of ether oxygens (including phenoxy) is 1. The van der Waals surface area contributed by atoms with E-state index in [1.165, 1.54) is 7.11 Å². The number of carbonyl (C=O) groups is 2. The lowest BCUT2D eigenvalue weighted by atomic mass is 10.2. The van der Waals surface area contributed by atoms with Gasteiger partial charge in [-0.2, -0.15) is 11.8 Å². The zero-order chi connectivity index (χ0) is 12.4. The van der Waals surface area contributed by atoms with Crippen molar-refractivity contribution in [1.29, 1.82) is 0 Å². The first-order valence-corrected chi connectivity index (χ1v) is 6.51. The fraction of sp³-hybridized carbons (Fsp3) is 0.818. The van der Waals surface area contributed by atoms with Crippen LogP contribution in [0.4, 0.5) is 0 Å². The molecule has 1 unspecified atom stereocenters. The van der Waals surface area contributed by atoms with E-state index in [0.29, 0.717) is 6.42 Å². The predicted octanol–water partition coefficient (Wildman–Crippen LogP) is 2.32. The van der Waals surface area contributed by atoms with Gasteiger partial charge in [-0.1, -0.05) is 13.3 Å². The van der Waals surface area contributed by atoms with Crippen molar-refractivity contribution in [2.75, 3.05) is 12.9 Å². The fourth-order valence-corrected chi connectivity index (χ4v) is 2.24. The third kappa shape index (κ3) is 9.83. The van der Waals surface area contributed by atoms with Gasteiger partial charge in [0.2, 0.25) is 0 Å². The highest BCUT2D eigenvalue weighted by Crippen LogP contribution is 2.17. The fourth-order valence-electron chi connectivity index (χ4n) is 1.22. The number of methoxy groups -OCH3 is 1. The zero-order valence-electron chi connectivity index (χ0n) is 9.90. The largest absolute Gasteiger partial charge is 0.481 e. The van der Waals surface area contributed by atoms with Crippen LogP contribution in [0.1, 0.15) is 39.0 Å². The van der Waals surface area contributed by atoms with Gasteiger partial charge in [0.25, 0.3) is 0 Å². The first-order chi connectivity index (χ1) is 7.56. The van der Waals surface area contributed by atoms with Gasteiger partial charge >= 0.3 is 11.9 Å². The molecule has 0 heterocycles. The molecule has 0 aliphatic rings. The van der Waals surface area contributed by atoms with E-state index >= 15 is 0 Å². The summed E-state index contributed by atoms with van der Waals surface area (Å²) in [7, 11) is 1.39. The van der Waals surface area contributed by atoms with Crippen molar-refractivity contribution >= 4 is 23.7 Å². The van der Waals surface area contributed by atoms with Crippen molar-refractivity contribution in [3.8, 4) is 0 Å². The number of unbranched alkanes of at least 4 members (excludes halogenated alkanes) is 2. The van der Waals surface area contributed by atoms with Crippen LogP contribution in [0.2, 0.25) is 0 Å². The molecule has 0 rings (SSSR count). The molecule has 0 aliphatic carbocycles. The van der Waals surface area contributed by atoms with Gasteiger partial charge in [0.15, 0.2) is 0 Å². The second-order valence-corrected chi connectivity index (χ2v) is 5.21. The number of carbonyl (C=O) groups excluding carboxylic acids is 1. The van der Waals surface area contributed by atoms with Crippen molar-refractivity contribution < 1.29 is 19.4 Å². The predicted molar refractivity (Wildman–Crippen MR) is 64.7 cm³/mol. The Morgan fingerprint density at radius 3 is 2.56 bits per heavy atom. The molecule has 1 N–H and O–H groups in total. The molecule has 0 aromatic carbocycles. The standard InChI is InChI=1S/C11H20O4S/c1-9(8-11(14)15-2)16-7-5-3-4-6-10(12)13/h9H,3-8H2,1-2H3,(H,12,13). The van der Waals surface area contributed by atoms with Crippen LogP contribution in [0.15, 0.2) is 0 Å². The molecule has 0 saturated heterocycles.